The number of hydrogen-bond donors (Lipinski definition) is 0. The Morgan fingerprint density at radius 3 is 2.85 bits per heavy atom. The molecule has 1 aromatic heterocycles. The van der Waals surface area contributed by atoms with E-state index in [9.17, 15) is 4.79 Å². The summed E-state index contributed by atoms with van der Waals surface area (Å²) in [6.07, 6.45) is 1.61. The number of fused-ring (bicyclic) bond motifs is 1. The molecule has 0 spiro atoms. The molecule has 0 saturated heterocycles. The zero-order chi connectivity index (χ0) is 18.1. The van der Waals surface area contributed by atoms with Gasteiger partial charge in [0.05, 0.1) is 5.02 Å². The van der Waals surface area contributed by atoms with Gasteiger partial charge in [0, 0.05) is 30.1 Å². The van der Waals surface area contributed by atoms with Gasteiger partial charge in [-0.05, 0) is 37.1 Å². The second-order valence-corrected chi connectivity index (χ2v) is 6.84. The van der Waals surface area contributed by atoms with Crippen LogP contribution in [0.2, 0.25) is 5.02 Å². The van der Waals surface area contributed by atoms with Crippen molar-refractivity contribution in [2.24, 2.45) is 0 Å². The van der Waals surface area contributed by atoms with Gasteiger partial charge in [-0.3, -0.25) is 4.79 Å². The highest BCUT2D eigenvalue weighted by atomic mass is 35.5. The monoisotopic (exact) mass is 367 g/mol. The normalized spacial score (nSPS) is 15.9. The molecule has 132 valence electrons. The molecule has 1 aliphatic heterocycles. The highest BCUT2D eigenvalue weighted by molar-refractivity contribution is 6.33. The molecule has 2 heterocycles. The Hall–Kier alpha value is -2.66. The SMILES string of the molecule is C[C@H]1Cc2ccccc2N1C(=O)CCc1nc(-c2ccccc2Cl)no1. The fraction of sp³-hybridized carbons (Fsp3) is 0.250. The minimum absolute atomic E-state index is 0.0694. The Bertz CT molecular complexity index is 953. The van der Waals surface area contributed by atoms with Crippen LogP contribution in [0.4, 0.5) is 5.69 Å². The summed E-state index contributed by atoms with van der Waals surface area (Å²) < 4.78 is 5.29. The minimum atomic E-state index is 0.0694. The molecule has 0 N–H and O–H groups in total. The fourth-order valence-corrected chi connectivity index (χ4v) is 3.61. The van der Waals surface area contributed by atoms with Crippen LogP contribution in [0.3, 0.4) is 0 Å². The number of carbonyl (C=O) groups is 1. The van der Waals surface area contributed by atoms with Crippen LogP contribution in [0.15, 0.2) is 53.1 Å². The van der Waals surface area contributed by atoms with Gasteiger partial charge in [-0.15, -0.1) is 0 Å². The van der Waals surface area contributed by atoms with Gasteiger partial charge < -0.3 is 9.42 Å². The average Bonchev–Trinajstić information content (AvgIpc) is 3.23. The Morgan fingerprint density at radius 2 is 2.00 bits per heavy atom. The maximum absolute atomic E-state index is 12.7. The first kappa shape index (κ1) is 16.8. The first-order valence-corrected chi connectivity index (χ1v) is 8.98. The van der Waals surface area contributed by atoms with Crippen molar-refractivity contribution in [2.75, 3.05) is 4.90 Å². The number of para-hydroxylation sites is 1. The highest BCUT2D eigenvalue weighted by Gasteiger charge is 2.30. The van der Waals surface area contributed by atoms with Crippen molar-refractivity contribution < 1.29 is 9.32 Å². The fourth-order valence-electron chi connectivity index (χ4n) is 3.39. The molecule has 2 aromatic carbocycles. The molecular weight excluding hydrogens is 350 g/mol. The van der Waals surface area contributed by atoms with Gasteiger partial charge in [-0.1, -0.05) is 47.1 Å². The molecule has 26 heavy (non-hydrogen) atoms. The van der Waals surface area contributed by atoms with Gasteiger partial charge in [0.15, 0.2) is 0 Å². The molecule has 4 rings (SSSR count). The first-order valence-electron chi connectivity index (χ1n) is 8.61. The molecule has 3 aromatic rings. The number of anilines is 1. The second kappa shape index (κ2) is 6.92. The van der Waals surface area contributed by atoms with Crippen molar-refractivity contribution in [1.29, 1.82) is 0 Å². The lowest BCUT2D eigenvalue weighted by Crippen LogP contribution is -2.35. The molecule has 1 aliphatic rings. The largest absolute Gasteiger partial charge is 0.339 e. The van der Waals surface area contributed by atoms with Crippen LogP contribution in [0.5, 0.6) is 0 Å². The lowest BCUT2D eigenvalue weighted by Gasteiger charge is -2.22. The second-order valence-electron chi connectivity index (χ2n) is 6.44. The maximum atomic E-state index is 12.7. The number of aryl methyl sites for hydroxylation is 1. The molecule has 5 nitrogen and oxygen atoms in total. The van der Waals surface area contributed by atoms with Crippen LogP contribution in [-0.2, 0) is 17.6 Å². The van der Waals surface area contributed by atoms with Gasteiger partial charge in [-0.25, -0.2) is 0 Å². The van der Waals surface area contributed by atoms with E-state index in [1.807, 2.05) is 41.3 Å². The van der Waals surface area contributed by atoms with Gasteiger partial charge >= 0.3 is 0 Å². The molecule has 0 aliphatic carbocycles. The minimum Gasteiger partial charge on any atom is -0.339 e. The quantitative estimate of drug-likeness (QED) is 0.689. The summed E-state index contributed by atoms with van der Waals surface area (Å²) in [6.45, 7) is 2.07. The summed E-state index contributed by atoms with van der Waals surface area (Å²) in [5, 5.41) is 4.55. The summed E-state index contributed by atoms with van der Waals surface area (Å²) in [7, 11) is 0. The maximum Gasteiger partial charge on any atom is 0.227 e. The van der Waals surface area contributed by atoms with Crippen LogP contribution in [0.1, 0.15) is 24.8 Å². The summed E-state index contributed by atoms with van der Waals surface area (Å²) >= 11 is 6.16. The third kappa shape index (κ3) is 3.10. The molecule has 0 saturated carbocycles. The summed E-state index contributed by atoms with van der Waals surface area (Å²) in [5.74, 6) is 0.950. The van der Waals surface area contributed by atoms with E-state index < -0.39 is 0 Å². The number of hydrogen-bond acceptors (Lipinski definition) is 4. The van der Waals surface area contributed by atoms with Crippen molar-refractivity contribution in [2.45, 2.75) is 32.2 Å². The number of benzene rings is 2. The van der Waals surface area contributed by atoms with Gasteiger partial charge in [0.2, 0.25) is 17.6 Å². The molecule has 0 unspecified atom stereocenters. The Labute approximate surface area is 156 Å². The lowest BCUT2D eigenvalue weighted by atomic mass is 10.1. The van der Waals surface area contributed by atoms with Crippen molar-refractivity contribution >= 4 is 23.2 Å². The average molecular weight is 368 g/mol. The zero-order valence-corrected chi connectivity index (χ0v) is 15.1. The zero-order valence-electron chi connectivity index (χ0n) is 14.4. The van der Waals surface area contributed by atoms with E-state index >= 15 is 0 Å². The van der Waals surface area contributed by atoms with Crippen molar-refractivity contribution in [3.63, 3.8) is 0 Å². The third-order valence-electron chi connectivity index (χ3n) is 4.61. The highest BCUT2D eigenvalue weighted by Crippen LogP contribution is 2.32. The van der Waals surface area contributed by atoms with E-state index in [4.69, 9.17) is 16.1 Å². The van der Waals surface area contributed by atoms with Gasteiger partial charge in [-0.2, -0.15) is 4.98 Å². The number of nitrogens with zero attached hydrogens (tertiary/aromatic N) is 3. The smallest absolute Gasteiger partial charge is 0.227 e. The first-order chi connectivity index (χ1) is 12.6. The van der Waals surface area contributed by atoms with Gasteiger partial charge in [0.1, 0.15) is 0 Å². The standard InChI is InChI=1S/C20H18ClN3O2/c1-13-12-14-6-2-5-9-17(14)24(13)19(25)11-10-18-22-20(23-26-18)15-7-3-4-8-16(15)21/h2-9,13H,10-12H2,1H3/t13-/m0/s1. The summed E-state index contributed by atoms with van der Waals surface area (Å²) in [6, 6.07) is 15.5. The molecule has 0 radical (unpaired) electrons. The lowest BCUT2D eigenvalue weighted by molar-refractivity contribution is -0.118. The number of carbonyl (C=O) groups excluding carboxylic acids is 1. The Morgan fingerprint density at radius 1 is 1.23 bits per heavy atom. The third-order valence-corrected chi connectivity index (χ3v) is 4.94. The van der Waals surface area contributed by atoms with E-state index in [1.165, 1.54) is 5.56 Å². The number of aromatic nitrogens is 2. The van der Waals surface area contributed by atoms with Crippen LogP contribution >= 0.6 is 11.6 Å². The van der Waals surface area contributed by atoms with E-state index in [-0.39, 0.29) is 11.9 Å². The topological polar surface area (TPSA) is 59.2 Å². The van der Waals surface area contributed by atoms with Crippen LogP contribution in [-0.4, -0.2) is 22.1 Å². The number of halogens is 1. The van der Waals surface area contributed by atoms with Crippen LogP contribution < -0.4 is 4.90 Å². The van der Waals surface area contributed by atoms with E-state index in [0.717, 1.165) is 17.7 Å². The molecule has 0 bridgehead atoms. The Kier molecular flexibility index (Phi) is 4.47. The van der Waals surface area contributed by atoms with Crippen LogP contribution in [0.25, 0.3) is 11.4 Å². The summed E-state index contributed by atoms with van der Waals surface area (Å²) in [4.78, 5) is 19.0. The molecule has 1 amide bonds. The molecule has 6 heteroatoms. The van der Waals surface area contributed by atoms with Crippen molar-refractivity contribution in [3.05, 3.63) is 65.0 Å². The van der Waals surface area contributed by atoms with Gasteiger partial charge in [0.25, 0.3) is 0 Å². The predicted octanol–water partition coefficient (Wildman–Crippen LogP) is 4.30. The van der Waals surface area contributed by atoms with E-state index in [2.05, 4.69) is 23.1 Å². The van der Waals surface area contributed by atoms with Crippen molar-refractivity contribution in [3.8, 4) is 11.4 Å². The number of rotatable bonds is 4. The molecular formula is C20H18ClN3O2. The number of amides is 1. The van der Waals surface area contributed by atoms with E-state index in [1.54, 1.807) is 6.07 Å². The van der Waals surface area contributed by atoms with E-state index in [0.29, 0.717) is 29.6 Å². The van der Waals surface area contributed by atoms with Crippen LogP contribution in [0, 0.1) is 0 Å². The predicted molar refractivity (Wildman–Crippen MR) is 100 cm³/mol. The molecule has 1 atom stereocenters. The molecule has 0 fully saturated rings. The summed E-state index contributed by atoms with van der Waals surface area (Å²) in [5.41, 5.74) is 2.94. The Balaban J connectivity index is 1.45. The van der Waals surface area contributed by atoms with Crippen molar-refractivity contribution in [1.82, 2.24) is 10.1 Å².